The molecular formula is C19H26N2O2. The largest absolute Gasteiger partial charge is 0.389 e. The summed E-state index contributed by atoms with van der Waals surface area (Å²) in [5.74, 6) is 0.642. The average molecular weight is 314 g/mol. The lowest BCUT2D eigenvalue weighted by Crippen LogP contribution is -2.39. The molecule has 0 spiro atoms. The maximum atomic E-state index is 12.8. The molecule has 0 saturated carbocycles. The minimum Gasteiger partial charge on any atom is -0.389 e. The first-order chi connectivity index (χ1) is 10.8. The van der Waals surface area contributed by atoms with Crippen LogP contribution >= 0.6 is 0 Å². The summed E-state index contributed by atoms with van der Waals surface area (Å²) in [6.07, 6.45) is 3.33. The molecule has 4 heteroatoms. The predicted octanol–water partition coefficient (Wildman–Crippen LogP) is 3.14. The molecular weight excluding hydrogens is 288 g/mol. The van der Waals surface area contributed by atoms with Crippen LogP contribution in [0.3, 0.4) is 0 Å². The number of aryl methyl sites for hydroxylation is 1. The molecule has 0 aliphatic heterocycles. The van der Waals surface area contributed by atoms with Crippen LogP contribution < -0.4 is 0 Å². The van der Waals surface area contributed by atoms with E-state index in [-0.39, 0.29) is 5.91 Å². The number of amides is 1. The van der Waals surface area contributed by atoms with Gasteiger partial charge in [0.2, 0.25) is 0 Å². The summed E-state index contributed by atoms with van der Waals surface area (Å²) >= 11 is 0. The van der Waals surface area contributed by atoms with Crippen molar-refractivity contribution in [3.63, 3.8) is 0 Å². The van der Waals surface area contributed by atoms with Crippen LogP contribution in [0.4, 0.5) is 0 Å². The highest BCUT2D eigenvalue weighted by Gasteiger charge is 2.25. The van der Waals surface area contributed by atoms with Gasteiger partial charge in [0.25, 0.3) is 5.91 Å². The second-order valence-corrected chi connectivity index (χ2v) is 7.63. The van der Waals surface area contributed by atoms with Gasteiger partial charge in [0.1, 0.15) is 0 Å². The number of likely N-dealkylation sites (N-methyl/N-ethyl adjacent to an activating group) is 1. The number of carbonyl (C=O) groups excluding carboxylic acids is 1. The molecule has 4 nitrogen and oxygen atoms in total. The maximum Gasteiger partial charge on any atom is 0.255 e. The highest BCUT2D eigenvalue weighted by Crippen LogP contribution is 2.33. The zero-order valence-electron chi connectivity index (χ0n) is 14.4. The first kappa shape index (κ1) is 16.1. The molecule has 1 heterocycles. The number of para-hydroxylation sites is 1. The molecule has 23 heavy (non-hydrogen) atoms. The number of nitrogens with zero attached hydrogens (tertiary/aromatic N) is 1. The van der Waals surface area contributed by atoms with Crippen molar-refractivity contribution in [1.29, 1.82) is 0 Å². The van der Waals surface area contributed by atoms with Crippen molar-refractivity contribution in [3.05, 3.63) is 35.0 Å². The lowest BCUT2D eigenvalue weighted by molar-refractivity contribution is 0.0369. The van der Waals surface area contributed by atoms with Gasteiger partial charge in [0.15, 0.2) is 0 Å². The van der Waals surface area contributed by atoms with Gasteiger partial charge in [-0.2, -0.15) is 0 Å². The van der Waals surface area contributed by atoms with Crippen molar-refractivity contribution in [2.45, 2.75) is 45.6 Å². The molecule has 1 aliphatic rings. The Morgan fingerprint density at radius 1 is 1.43 bits per heavy atom. The Kier molecular flexibility index (Phi) is 3.96. The van der Waals surface area contributed by atoms with Crippen LogP contribution in [0.1, 0.15) is 48.8 Å². The number of nitrogens with one attached hydrogen (secondary N) is 1. The standard InChI is InChI=1S/C19H26N2O2/c1-12-8-9-16-15(10-12)13-6-5-7-14(17(13)20-16)18(22)21(4)11-19(2,3)23/h5-7,12,20,23H,8-11H2,1-4H3. The molecule has 0 fully saturated rings. The molecule has 0 saturated heterocycles. The third-order valence-corrected chi connectivity index (χ3v) is 4.67. The molecule has 1 aromatic carbocycles. The number of hydrogen-bond acceptors (Lipinski definition) is 2. The van der Waals surface area contributed by atoms with Crippen LogP contribution in [0.5, 0.6) is 0 Å². The van der Waals surface area contributed by atoms with Gasteiger partial charge in [-0.3, -0.25) is 4.79 Å². The summed E-state index contributed by atoms with van der Waals surface area (Å²) in [6.45, 7) is 6.02. The maximum absolute atomic E-state index is 12.8. The van der Waals surface area contributed by atoms with Gasteiger partial charge in [-0.15, -0.1) is 0 Å². The normalized spacial score (nSPS) is 18.0. The van der Waals surface area contributed by atoms with E-state index in [4.69, 9.17) is 0 Å². The second kappa shape index (κ2) is 5.68. The quantitative estimate of drug-likeness (QED) is 0.914. The fourth-order valence-corrected chi connectivity index (χ4v) is 3.65. The molecule has 1 atom stereocenters. The van der Waals surface area contributed by atoms with Gasteiger partial charge in [-0.1, -0.05) is 19.1 Å². The molecule has 2 aromatic rings. The van der Waals surface area contributed by atoms with Gasteiger partial charge in [-0.25, -0.2) is 0 Å². The zero-order chi connectivity index (χ0) is 16.8. The molecule has 0 radical (unpaired) electrons. The van der Waals surface area contributed by atoms with Crippen LogP contribution in [-0.4, -0.2) is 40.1 Å². The Hall–Kier alpha value is -1.81. The van der Waals surface area contributed by atoms with E-state index in [0.717, 1.165) is 18.4 Å². The van der Waals surface area contributed by atoms with Crippen LogP contribution in [0.2, 0.25) is 0 Å². The minimum atomic E-state index is -0.900. The Bertz CT molecular complexity index is 740. The van der Waals surface area contributed by atoms with Gasteiger partial charge in [0.05, 0.1) is 16.7 Å². The van der Waals surface area contributed by atoms with Gasteiger partial charge < -0.3 is 15.0 Å². The van der Waals surface area contributed by atoms with E-state index in [0.29, 0.717) is 18.0 Å². The number of aromatic nitrogens is 1. The highest BCUT2D eigenvalue weighted by molar-refractivity contribution is 6.06. The molecule has 124 valence electrons. The van der Waals surface area contributed by atoms with Crippen LogP contribution in [0.15, 0.2) is 18.2 Å². The zero-order valence-corrected chi connectivity index (χ0v) is 14.4. The van der Waals surface area contributed by atoms with Crippen molar-refractivity contribution >= 4 is 16.8 Å². The van der Waals surface area contributed by atoms with E-state index in [1.165, 1.54) is 23.1 Å². The molecule has 1 unspecified atom stereocenters. The monoisotopic (exact) mass is 314 g/mol. The van der Waals surface area contributed by atoms with E-state index in [1.54, 1.807) is 25.8 Å². The Morgan fingerprint density at radius 2 is 2.17 bits per heavy atom. The number of H-pyrrole nitrogens is 1. The summed E-state index contributed by atoms with van der Waals surface area (Å²) < 4.78 is 0. The Labute approximate surface area is 137 Å². The van der Waals surface area contributed by atoms with Crippen LogP contribution in [0, 0.1) is 5.92 Å². The third-order valence-electron chi connectivity index (χ3n) is 4.67. The molecule has 1 aromatic heterocycles. The van der Waals surface area contributed by atoms with Gasteiger partial charge >= 0.3 is 0 Å². The summed E-state index contributed by atoms with van der Waals surface area (Å²) in [6, 6.07) is 5.94. The van der Waals surface area contributed by atoms with Crippen molar-refractivity contribution in [2.24, 2.45) is 5.92 Å². The van der Waals surface area contributed by atoms with E-state index < -0.39 is 5.60 Å². The fraction of sp³-hybridized carbons (Fsp3) is 0.526. The Balaban J connectivity index is 2.00. The topological polar surface area (TPSA) is 56.3 Å². The van der Waals surface area contributed by atoms with Crippen molar-refractivity contribution in [2.75, 3.05) is 13.6 Å². The van der Waals surface area contributed by atoms with Gasteiger partial charge in [-0.05, 0) is 50.7 Å². The number of hydrogen-bond donors (Lipinski definition) is 2. The minimum absolute atomic E-state index is 0.0515. The lowest BCUT2D eigenvalue weighted by Gasteiger charge is -2.25. The summed E-state index contributed by atoms with van der Waals surface area (Å²) in [7, 11) is 1.74. The number of aromatic amines is 1. The summed E-state index contributed by atoms with van der Waals surface area (Å²) in [5, 5.41) is 11.1. The summed E-state index contributed by atoms with van der Waals surface area (Å²) in [5.41, 5.74) is 3.39. The lowest BCUT2D eigenvalue weighted by atomic mass is 9.87. The number of rotatable bonds is 3. The van der Waals surface area contributed by atoms with E-state index >= 15 is 0 Å². The van der Waals surface area contributed by atoms with Crippen molar-refractivity contribution in [3.8, 4) is 0 Å². The molecule has 0 bridgehead atoms. The van der Waals surface area contributed by atoms with Crippen LogP contribution in [0.25, 0.3) is 10.9 Å². The summed E-state index contributed by atoms with van der Waals surface area (Å²) in [4.78, 5) is 17.9. The second-order valence-electron chi connectivity index (χ2n) is 7.63. The number of fused-ring (bicyclic) bond motifs is 3. The first-order valence-corrected chi connectivity index (χ1v) is 8.36. The molecule has 1 aliphatic carbocycles. The van der Waals surface area contributed by atoms with Crippen molar-refractivity contribution < 1.29 is 9.90 Å². The fourth-order valence-electron chi connectivity index (χ4n) is 3.65. The van der Waals surface area contributed by atoms with Gasteiger partial charge in [0, 0.05) is 24.7 Å². The third kappa shape index (κ3) is 3.13. The average Bonchev–Trinajstić information content (AvgIpc) is 2.82. The Morgan fingerprint density at radius 3 is 2.87 bits per heavy atom. The predicted molar refractivity (Wildman–Crippen MR) is 92.7 cm³/mol. The smallest absolute Gasteiger partial charge is 0.255 e. The molecule has 2 N–H and O–H groups in total. The van der Waals surface area contributed by atoms with E-state index in [2.05, 4.69) is 18.0 Å². The van der Waals surface area contributed by atoms with Crippen LogP contribution in [-0.2, 0) is 12.8 Å². The molecule has 3 rings (SSSR count). The first-order valence-electron chi connectivity index (χ1n) is 8.36. The van der Waals surface area contributed by atoms with E-state index in [9.17, 15) is 9.90 Å². The number of benzene rings is 1. The highest BCUT2D eigenvalue weighted by atomic mass is 16.3. The van der Waals surface area contributed by atoms with Crippen molar-refractivity contribution in [1.82, 2.24) is 9.88 Å². The SMILES string of the molecule is CC1CCc2[nH]c3c(C(=O)N(C)CC(C)(C)O)cccc3c2C1. The number of aliphatic hydroxyl groups is 1. The number of carbonyl (C=O) groups is 1. The molecule has 1 amide bonds. The van der Waals surface area contributed by atoms with E-state index in [1.807, 2.05) is 12.1 Å².